The summed E-state index contributed by atoms with van der Waals surface area (Å²) in [6.45, 7) is 3.95. The van der Waals surface area contributed by atoms with E-state index in [1.807, 2.05) is 0 Å². The molecule has 1 atom stereocenters. The average molecular weight is 398 g/mol. The molecule has 27 heavy (non-hydrogen) atoms. The summed E-state index contributed by atoms with van der Waals surface area (Å²) in [6, 6.07) is 0.965. The second kappa shape index (κ2) is 7.32. The van der Waals surface area contributed by atoms with Crippen LogP contribution in [0.5, 0.6) is 0 Å². The Labute approximate surface area is 148 Å². The normalized spacial score (nSPS) is 13.3. The molecular weight excluding hydrogens is 384 g/mol. The number of non-ortho nitro benzene ring substituents is 1. The molecule has 13 heteroatoms. The second-order valence-electron chi connectivity index (χ2n) is 6.43. The number of carbonyl (C=O) groups is 1. The van der Waals surface area contributed by atoms with Crippen LogP contribution >= 0.6 is 0 Å². The molecule has 0 amide bonds. The van der Waals surface area contributed by atoms with Crippen LogP contribution in [0.25, 0.3) is 0 Å². The molecule has 0 spiro atoms. The summed E-state index contributed by atoms with van der Waals surface area (Å²) >= 11 is 0. The molecule has 0 radical (unpaired) electrons. The van der Waals surface area contributed by atoms with E-state index in [1.54, 1.807) is 0 Å². The standard InChI is InChI=1S/C14H14F4N2O7/c1-13(2,3)7-4-6(19(23)24)5-8(20(25)26)9(7)10(27-12(21)22)14(17,18)11(15)16/h4-5,10-11H,1-3H3,(H,21,22). The Morgan fingerprint density at radius 3 is 2.00 bits per heavy atom. The first-order chi connectivity index (χ1) is 12.1. The number of alkyl halides is 4. The van der Waals surface area contributed by atoms with Gasteiger partial charge in [0, 0.05) is 6.07 Å². The molecule has 0 aliphatic heterocycles. The van der Waals surface area contributed by atoms with Crippen LogP contribution in [0.15, 0.2) is 12.1 Å². The zero-order valence-electron chi connectivity index (χ0n) is 14.1. The predicted molar refractivity (Wildman–Crippen MR) is 81.3 cm³/mol. The second-order valence-corrected chi connectivity index (χ2v) is 6.43. The number of hydrogen-bond acceptors (Lipinski definition) is 6. The lowest BCUT2D eigenvalue weighted by Crippen LogP contribution is -2.38. The maximum absolute atomic E-state index is 14.0. The fraction of sp³-hybridized carbons (Fsp3) is 0.500. The van der Waals surface area contributed by atoms with E-state index in [-0.39, 0.29) is 6.07 Å². The Morgan fingerprint density at radius 1 is 1.15 bits per heavy atom. The molecule has 1 unspecified atom stereocenters. The molecule has 0 aromatic heterocycles. The lowest BCUT2D eigenvalue weighted by molar-refractivity contribution is -0.395. The van der Waals surface area contributed by atoms with E-state index in [4.69, 9.17) is 5.11 Å². The van der Waals surface area contributed by atoms with Crippen molar-refractivity contribution in [3.05, 3.63) is 43.5 Å². The molecule has 0 saturated heterocycles. The van der Waals surface area contributed by atoms with Crippen LogP contribution in [0.3, 0.4) is 0 Å². The van der Waals surface area contributed by atoms with Crippen molar-refractivity contribution in [2.75, 3.05) is 0 Å². The molecule has 1 rings (SSSR count). The molecule has 1 aromatic carbocycles. The van der Waals surface area contributed by atoms with Gasteiger partial charge in [0.2, 0.25) is 6.10 Å². The fourth-order valence-electron chi connectivity index (χ4n) is 2.32. The summed E-state index contributed by atoms with van der Waals surface area (Å²) in [5.41, 5.74) is -5.17. The number of benzene rings is 1. The van der Waals surface area contributed by atoms with Gasteiger partial charge in [0.25, 0.3) is 11.4 Å². The van der Waals surface area contributed by atoms with Gasteiger partial charge < -0.3 is 9.84 Å². The first-order valence-corrected chi connectivity index (χ1v) is 7.13. The number of ether oxygens (including phenoxy) is 1. The van der Waals surface area contributed by atoms with Crippen molar-refractivity contribution >= 4 is 17.5 Å². The Morgan fingerprint density at radius 2 is 1.67 bits per heavy atom. The monoisotopic (exact) mass is 398 g/mol. The van der Waals surface area contributed by atoms with Crippen LogP contribution in [0, 0.1) is 20.2 Å². The first-order valence-electron chi connectivity index (χ1n) is 7.13. The van der Waals surface area contributed by atoms with Crippen molar-refractivity contribution in [1.82, 2.24) is 0 Å². The molecule has 0 fully saturated rings. The molecule has 0 aliphatic carbocycles. The van der Waals surface area contributed by atoms with Gasteiger partial charge in [-0.2, -0.15) is 8.78 Å². The fourth-order valence-corrected chi connectivity index (χ4v) is 2.32. The Balaban J connectivity index is 4.02. The molecule has 150 valence electrons. The summed E-state index contributed by atoms with van der Waals surface area (Å²) < 4.78 is 57.7. The zero-order valence-corrected chi connectivity index (χ0v) is 14.1. The Kier molecular flexibility index (Phi) is 5.98. The van der Waals surface area contributed by atoms with Gasteiger partial charge in [-0.05, 0) is 11.0 Å². The lowest BCUT2D eigenvalue weighted by Gasteiger charge is -2.30. The summed E-state index contributed by atoms with van der Waals surface area (Å²) in [7, 11) is 0. The van der Waals surface area contributed by atoms with Gasteiger partial charge in [-0.3, -0.25) is 20.2 Å². The van der Waals surface area contributed by atoms with Crippen molar-refractivity contribution in [2.24, 2.45) is 0 Å². The summed E-state index contributed by atoms with van der Waals surface area (Å²) in [5, 5.41) is 31.0. The topological polar surface area (TPSA) is 133 Å². The van der Waals surface area contributed by atoms with Crippen LogP contribution in [0.4, 0.5) is 33.7 Å². The third-order valence-electron chi connectivity index (χ3n) is 3.48. The minimum absolute atomic E-state index is 0.282. The van der Waals surface area contributed by atoms with Crippen LogP contribution < -0.4 is 0 Å². The quantitative estimate of drug-likeness (QED) is 0.324. The molecule has 0 heterocycles. The van der Waals surface area contributed by atoms with E-state index < -0.39 is 62.4 Å². The highest BCUT2D eigenvalue weighted by molar-refractivity contribution is 5.61. The third kappa shape index (κ3) is 4.60. The highest BCUT2D eigenvalue weighted by Crippen LogP contribution is 2.47. The minimum atomic E-state index is -5.14. The maximum Gasteiger partial charge on any atom is 0.506 e. The maximum atomic E-state index is 14.0. The molecule has 1 N–H and O–H groups in total. The van der Waals surface area contributed by atoms with Crippen LogP contribution in [-0.4, -0.2) is 33.5 Å². The van der Waals surface area contributed by atoms with E-state index in [0.717, 1.165) is 0 Å². The van der Waals surface area contributed by atoms with Crippen LogP contribution in [-0.2, 0) is 10.2 Å². The van der Waals surface area contributed by atoms with Gasteiger partial charge in [0.1, 0.15) is 0 Å². The van der Waals surface area contributed by atoms with Crippen LogP contribution in [0.2, 0.25) is 0 Å². The van der Waals surface area contributed by atoms with E-state index >= 15 is 0 Å². The number of rotatable bonds is 6. The van der Waals surface area contributed by atoms with Crippen molar-refractivity contribution in [3.63, 3.8) is 0 Å². The SMILES string of the molecule is CC(C)(C)c1cc([N+](=O)[O-])cc([N+](=O)[O-])c1C(OC(=O)O)C(F)(F)C(F)F. The van der Waals surface area contributed by atoms with E-state index in [0.29, 0.717) is 6.07 Å². The van der Waals surface area contributed by atoms with E-state index in [9.17, 15) is 42.6 Å². The van der Waals surface area contributed by atoms with Crippen molar-refractivity contribution in [2.45, 2.75) is 44.6 Å². The third-order valence-corrected chi connectivity index (χ3v) is 3.48. The minimum Gasteiger partial charge on any atom is -0.450 e. The van der Waals surface area contributed by atoms with Gasteiger partial charge in [-0.1, -0.05) is 20.8 Å². The number of hydrogen-bond donors (Lipinski definition) is 1. The number of nitrogens with zero attached hydrogens (tertiary/aromatic N) is 2. The van der Waals surface area contributed by atoms with Crippen molar-refractivity contribution < 1.29 is 42.0 Å². The smallest absolute Gasteiger partial charge is 0.450 e. The molecule has 1 aromatic rings. The molecule has 9 nitrogen and oxygen atoms in total. The number of halogens is 4. The summed E-state index contributed by atoms with van der Waals surface area (Å²) in [5.74, 6) is -5.14. The molecule has 0 bridgehead atoms. The van der Waals surface area contributed by atoms with Gasteiger partial charge in [-0.15, -0.1) is 0 Å². The van der Waals surface area contributed by atoms with Crippen LogP contribution in [0.1, 0.15) is 38.0 Å². The molecular formula is C14H14F4N2O7. The Hall–Kier alpha value is -2.99. The molecule has 0 saturated carbocycles. The summed E-state index contributed by atoms with van der Waals surface area (Å²) in [6.07, 6.45) is -10.1. The van der Waals surface area contributed by atoms with E-state index in [1.165, 1.54) is 20.8 Å². The van der Waals surface area contributed by atoms with Crippen molar-refractivity contribution in [3.8, 4) is 0 Å². The summed E-state index contributed by atoms with van der Waals surface area (Å²) in [4.78, 5) is 30.8. The van der Waals surface area contributed by atoms with Crippen molar-refractivity contribution in [1.29, 1.82) is 0 Å². The van der Waals surface area contributed by atoms with Gasteiger partial charge in [-0.25, -0.2) is 13.6 Å². The molecule has 0 aliphatic rings. The highest BCUT2D eigenvalue weighted by Gasteiger charge is 2.55. The number of carboxylic acid groups (broad SMARTS) is 1. The largest absolute Gasteiger partial charge is 0.506 e. The zero-order chi connectivity index (χ0) is 21.3. The van der Waals surface area contributed by atoms with Gasteiger partial charge >= 0.3 is 18.5 Å². The highest BCUT2D eigenvalue weighted by atomic mass is 19.3. The van der Waals surface area contributed by atoms with Gasteiger partial charge in [0.15, 0.2) is 0 Å². The van der Waals surface area contributed by atoms with E-state index in [2.05, 4.69) is 4.74 Å². The average Bonchev–Trinajstić information content (AvgIpc) is 2.49. The Bertz CT molecular complexity index is 777. The number of nitro benzene ring substituents is 2. The lowest BCUT2D eigenvalue weighted by atomic mass is 9.80. The van der Waals surface area contributed by atoms with Gasteiger partial charge in [0.05, 0.1) is 21.5 Å². The first kappa shape index (κ1) is 22.1. The number of nitro groups is 2. The predicted octanol–water partition coefficient (Wildman–Crippen LogP) is 4.44.